The smallest absolute Gasteiger partial charge is 0.270 e. The minimum atomic E-state index is -0.659. The highest BCUT2D eigenvalue weighted by Crippen LogP contribution is 2.25. The first kappa shape index (κ1) is 15.8. The van der Waals surface area contributed by atoms with Gasteiger partial charge in [-0.25, -0.2) is 0 Å². The lowest BCUT2D eigenvalue weighted by Gasteiger charge is -2.20. The molecule has 0 saturated heterocycles. The SMILES string of the molecule is CN(Cc1ccoc1)C(=O)C1=NN(c2ccccc2)[C@H](C(N)=O)C1. The van der Waals surface area contributed by atoms with Crippen LogP contribution >= 0.6 is 0 Å². The molecule has 1 aliphatic rings. The van der Waals surface area contributed by atoms with Crippen molar-refractivity contribution >= 4 is 23.2 Å². The number of furan rings is 1. The van der Waals surface area contributed by atoms with E-state index in [4.69, 9.17) is 10.2 Å². The summed E-state index contributed by atoms with van der Waals surface area (Å²) in [7, 11) is 1.68. The third-order valence-corrected chi connectivity index (χ3v) is 3.85. The zero-order chi connectivity index (χ0) is 17.1. The van der Waals surface area contributed by atoms with E-state index < -0.39 is 11.9 Å². The second-order valence-electron chi connectivity index (χ2n) is 5.64. The van der Waals surface area contributed by atoms with Gasteiger partial charge in [-0.15, -0.1) is 0 Å². The summed E-state index contributed by atoms with van der Waals surface area (Å²) in [4.78, 5) is 25.9. The number of para-hydroxylation sites is 1. The first-order chi connectivity index (χ1) is 11.6. The molecule has 0 saturated carbocycles. The normalized spacial score (nSPS) is 16.8. The number of nitrogens with two attached hydrogens (primary N) is 1. The summed E-state index contributed by atoms with van der Waals surface area (Å²) in [6.45, 7) is 0.404. The molecule has 24 heavy (non-hydrogen) atoms. The molecular formula is C17H18N4O3. The molecule has 0 aliphatic carbocycles. The van der Waals surface area contributed by atoms with Crippen molar-refractivity contribution < 1.29 is 14.0 Å². The lowest BCUT2D eigenvalue weighted by Crippen LogP contribution is -2.40. The predicted molar refractivity (Wildman–Crippen MR) is 89.1 cm³/mol. The van der Waals surface area contributed by atoms with Gasteiger partial charge in [0.05, 0.1) is 18.2 Å². The largest absolute Gasteiger partial charge is 0.472 e. The topological polar surface area (TPSA) is 92.1 Å². The molecule has 2 heterocycles. The zero-order valence-electron chi connectivity index (χ0n) is 13.3. The van der Waals surface area contributed by atoms with E-state index in [1.54, 1.807) is 25.6 Å². The molecule has 2 amide bonds. The molecule has 0 bridgehead atoms. The number of hydrogen-bond donors (Lipinski definition) is 1. The van der Waals surface area contributed by atoms with Crippen molar-refractivity contribution in [2.45, 2.75) is 19.0 Å². The highest BCUT2D eigenvalue weighted by atomic mass is 16.3. The van der Waals surface area contributed by atoms with E-state index >= 15 is 0 Å². The van der Waals surface area contributed by atoms with Crippen LogP contribution in [0.3, 0.4) is 0 Å². The summed E-state index contributed by atoms with van der Waals surface area (Å²) in [5.41, 5.74) is 7.40. The van der Waals surface area contributed by atoms with E-state index in [9.17, 15) is 9.59 Å². The molecule has 1 aliphatic heterocycles. The van der Waals surface area contributed by atoms with Crippen molar-refractivity contribution in [2.24, 2.45) is 10.8 Å². The minimum Gasteiger partial charge on any atom is -0.472 e. The van der Waals surface area contributed by atoms with Crippen LogP contribution in [0.15, 0.2) is 58.4 Å². The van der Waals surface area contributed by atoms with E-state index in [0.717, 1.165) is 11.3 Å². The number of hydrogen-bond acceptors (Lipinski definition) is 5. The molecule has 2 N–H and O–H groups in total. The van der Waals surface area contributed by atoms with Crippen molar-refractivity contribution in [3.8, 4) is 0 Å². The Morgan fingerprint density at radius 2 is 2.08 bits per heavy atom. The van der Waals surface area contributed by atoms with Crippen LogP contribution in [-0.4, -0.2) is 35.5 Å². The van der Waals surface area contributed by atoms with Gasteiger partial charge in [-0.1, -0.05) is 18.2 Å². The maximum Gasteiger partial charge on any atom is 0.270 e. The monoisotopic (exact) mass is 326 g/mol. The Balaban J connectivity index is 1.80. The van der Waals surface area contributed by atoms with Crippen LogP contribution in [0.4, 0.5) is 5.69 Å². The van der Waals surface area contributed by atoms with Crippen LogP contribution in [0, 0.1) is 0 Å². The van der Waals surface area contributed by atoms with Gasteiger partial charge in [-0.3, -0.25) is 14.6 Å². The first-order valence-corrected chi connectivity index (χ1v) is 7.54. The van der Waals surface area contributed by atoms with Gasteiger partial charge in [0.25, 0.3) is 5.91 Å². The standard InChI is InChI=1S/C17H18N4O3/c1-20(10-12-7-8-24-11-12)17(23)14-9-15(16(18)22)21(19-14)13-5-3-2-4-6-13/h2-8,11,15H,9-10H2,1H3,(H2,18,22)/t15-/m0/s1. The fraction of sp³-hybridized carbons (Fsp3) is 0.235. The van der Waals surface area contributed by atoms with Crippen LogP contribution < -0.4 is 10.7 Å². The minimum absolute atomic E-state index is 0.193. The second kappa shape index (κ2) is 6.57. The quantitative estimate of drug-likeness (QED) is 0.898. The van der Waals surface area contributed by atoms with E-state index in [2.05, 4.69) is 5.10 Å². The maximum absolute atomic E-state index is 12.6. The van der Waals surface area contributed by atoms with Crippen LogP contribution in [-0.2, 0) is 16.1 Å². The number of amides is 2. The molecule has 1 aromatic heterocycles. The number of carbonyl (C=O) groups is 2. The molecule has 0 radical (unpaired) electrons. The van der Waals surface area contributed by atoms with E-state index in [0.29, 0.717) is 12.3 Å². The average Bonchev–Trinajstić information content (AvgIpc) is 3.24. The summed E-state index contributed by atoms with van der Waals surface area (Å²) in [6.07, 6.45) is 3.34. The highest BCUT2D eigenvalue weighted by Gasteiger charge is 2.35. The molecule has 2 aromatic rings. The van der Waals surface area contributed by atoms with Crippen molar-refractivity contribution in [1.29, 1.82) is 0 Å². The summed E-state index contributed by atoms with van der Waals surface area (Å²) in [6, 6.07) is 10.3. The molecule has 3 rings (SSSR count). The van der Waals surface area contributed by atoms with Crippen molar-refractivity contribution in [3.63, 3.8) is 0 Å². The molecule has 1 atom stereocenters. The maximum atomic E-state index is 12.6. The number of benzene rings is 1. The summed E-state index contributed by atoms with van der Waals surface area (Å²) in [5, 5.41) is 5.86. The summed E-state index contributed by atoms with van der Waals surface area (Å²) < 4.78 is 5.01. The van der Waals surface area contributed by atoms with Gasteiger partial charge in [0.1, 0.15) is 11.8 Å². The molecule has 7 nitrogen and oxygen atoms in total. The Morgan fingerprint density at radius 3 is 2.71 bits per heavy atom. The number of anilines is 1. The van der Waals surface area contributed by atoms with Gasteiger partial charge in [0.15, 0.2) is 0 Å². The Labute approximate surface area is 139 Å². The summed E-state index contributed by atoms with van der Waals surface area (Å²) >= 11 is 0. The second-order valence-corrected chi connectivity index (χ2v) is 5.64. The van der Waals surface area contributed by atoms with Gasteiger partial charge in [-0.2, -0.15) is 5.10 Å². The first-order valence-electron chi connectivity index (χ1n) is 7.54. The zero-order valence-corrected chi connectivity index (χ0v) is 13.3. The molecule has 7 heteroatoms. The Kier molecular flexibility index (Phi) is 4.33. The highest BCUT2D eigenvalue weighted by molar-refractivity contribution is 6.40. The van der Waals surface area contributed by atoms with E-state index in [1.807, 2.05) is 30.3 Å². The van der Waals surface area contributed by atoms with Crippen molar-refractivity contribution in [2.75, 3.05) is 12.1 Å². The van der Waals surface area contributed by atoms with Crippen molar-refractivity contribution in [3.05, 3.63) is 54.5 Å². The Hall–Kier alpha value is -3.09. The number of nitrogens with zero attached hydrogens (tertiary/aromatic N) is 3. The number of rotatable bonds is 5. The lowest BCUT2D eigenvalue weighted by molar-refractivity contribution is -0.123. The fourth-order valence-electron chi connectivity index (χ4n) is 2.63. The summed E-state index contributed by atoms with van der Waals surface area (Å²) in [5.74, 6) is -0.747. The van der Waals surface area contributed by atoms with Gasteiger partial charge in [0, 0.05) is 25.6 Å². The molecule has 0 fully saturated rings. The van der Waals surface area contributed by atoms with Crippen LogP contribution in [0.2, 0.25) is 0 Å². The number of primary amides is 1. The molecule has 124 valence electrons. The fourth-order valence-corrected chi connectivity index (χ4v) is 2.63. The van der Waals surface area contributed by atoms with Gasteiger partial charge in [-0.05, 0) is 18.2 Å². The van der Waals surface area contributed by atoms with Gasteiger partial charge >= 0.3 is 0 Å². The number of hydrazone groups is 1. The van der Waals surface area contributed by atoms with Crippen molar-refractivity contribution in [1.82, 2.24) is 4.90 Å². The lowest BCUT2D eigenvalue weighted by atomic mass is 10.1. The van der Waals surface area contributed by atoms with Crippen LogP contribution in [0.25, 0.3) is 0 Å². The Bertz CT molecular complexity index is 755. The van der Waals surface area contributed by atoms with Crippen LogP contribution in [0.1, 0.15) is 12.0 Å². The molecule has 0 spiro atoms. The van der Waals surface area contributed by atoms with Gasteiger partial charge < -0.3 is 15.1 Å². The van der Waals surface area contributed by atoms with E-state index in [1.165, 1.54) is 9.91 Å². The molecule has 0 unspecified atom stereocenters. The third-order valence-electron chi connectivity index (χ3n) is 3.85. The average molecular weight is 326 g/mol. The van der Waals surface area contributed by atoms with Crippen LogP contribution in [0.5, 0.6) is 0 Å². The van der Waals surface area contributed by atoms with Gasteiger partial charge in [0.2, 0.25) is 5.91 Å². The van der Waals surface area contributed by atoms with E-state index in [-0.39, 0.29) is 12.3 Å². The number of carbonyl (C=O) groups excluding carboxylic acids is 2. The predicted octanol–water partition coefficient (Wildman–Crippen LogP) is 1.36. The third kappa shape index (κ3) is 3.15. The Morgan fingerprint density at radius 1 is 1.33 bits per heavy atom. The molecular weight excluding hydrogens is 308 g/mol. The molecule has 1 aromatic carbocycles.